The first-order valence-electron chi connectivity index (χ1n) is 6.17. The summed E-state index contributed by atoms with van der Waals surface area (Å²) in [6.45, 7) is 7.24. The van der Waals surface area contributed by atoms with Crippen LogP contribution in [0, 0.1) is 12.8 Å². The van der Waals surface area contributed by atoms with Crippen LogP contribution in [0.5, 0.6) is 0 Å². The van der Waals surface area contributed by atoms with Crippen LogP contribution in [0.3, 0.4) is 0 Å². The lowest BCUT2D eigenvalue weighted by molar-refractivity contribution is -0.137. The molecule has 102 valence electrons. The van der Waals surface area contributed by atoms with Crippen molar-refractivity contribution < 1.29 is 13.2 Å². The summed E-state index contributed by atoms with van der Waals surface area (Å²) < 4.78 is 37.9. The molecule has 0 aliphatic heterocycles. The Morgan fingerprint density at radius 1 is 1.17 bits per heavy atom. The summed E-state index contributed by atoms with van der Waals surface area (Å²) in [6.07, 6.45) is -3.24. The molecule has 0 unspecified atom stereocenters. The summed E-state index contributed by atoms with van der Waals surface area (Å²) >= 11 is 0. The molecule has 0 atom stereocenters. The van der Waals surface area contributed by atoms with Crippen molar-refractivity contribution in [2.75, 3.05) is 6.54 Å². The molecule has 0 aliphatic rings. The van der Waals surface area contributed by atoms with Gasteiger partial charge in [-0.3, -0.25) is 0 Å². The third kappa shape index (κ3) is 5.08. The number of nitrogens with one attached hydrogen (secondary N) is 1. The maximum Gasteiger partial charge on any atom is 0.416 e. The van der Waals surface area contributed by atoms with E-state index in [4.69, 9.17) is 0 Å². The van der Waals surface area contributed by atoms with Crippen molar-refractivity contribution in [1.82, 2.24) is 5.32 Å². The lowest BCUT2D eigenvalue weighted by Crippen LogP contribution is -2.17. The fourth-order valence-corrected chi connectivity index (χ4v) is 1.75. The van der Waals surface area contributed by atoms with Gasteiger partial charge in [0.05, 0.1) is 5.56 Å². The standard InChI is InChI=1S/C14H20F3N/c1-10(2)4-5-18-9-12-6-11(3)7-13(8-12)14(15,16)17/h6-8,10,18H,4-5,9H2,1-3H3. The molecule has 0 saturated heterocycles. The van der Waals surface area contributed by atoms with Crippen LogP contribution in [0.15, 0.2) is 18.2 Å². The van der Waals surface area contributed by atoms with E-state index >= 15 is 0 Å². The first-order chi connectivity index (χ1) is 8.29. The predicted octanol–water partition coefficient (Wildman–Crippen LogP) is 4.15. The maximum atomic E-state index is 12.6. The minimum atomic E-state index is -4.27. The summed E-state index contributed by atoms with van der Waals surface area (Å²) in [7, 11) is 0. The first-order valence-corrected chi connectivity index (χ1v) is 6.17. The van der Waals surface area contributed by atoms with Gasteiger partial charge in [0.15, 0.2) is 0 Å². The van der Waals surface area contributed by atoms with Crippen LogP contribution in [0.25, 0.3) is 0 Å². The van der Waals surface area contributed by atoms with Crippen molar-refractivity contribution in [1.29, 1.82) is 0 Å². The molecular weight excluding hydrogens is 239 g/mol. The average molecular weight is 259 g/mol. The minimum Gasteiger partial charge on any atom is -0.313 e. The molecule has 1 nitrogen and oxygen atoms in total. The molecule has 0 spiro atoms. The summed E-state index contributed by atoms with van der Waals surface area (Å²) in [5, 5.41) is 3.17. The number of alkyl halides is 3. The highest BCUT2D eigenvalue weighted by Gasteiger charge is 2.30. The Bertz CT molecular complexity index is 383. The van der Waals surface area contributed by atoms with Gasteiger partial charge in [0, 0.05) is 6.54 Å². The summed E-state index contributed by atoms with van der Waals surface area (Å²) in [4.78, 5) is 0. The number of hydrogen-bond donors (Lipinski definition) is 1. The summed E-state index contributed by atoms with van der Waals surface area (Å²) in [6, 6.07) is 4.19. The molecule has 0 radical (unpaired) electrons. The third-order valence-electron chi connectivity index (χ3n) is 2.69. The lowest BCUT2D eigenvalue weighted by atomic mass is 10.1. The predicted molar refractivity (Wildman–Crippen MR) is 67.3 cm³/mol. The van der Waals surface area contributed by atoms with Crippen molar-refractivity contribution in [3.05, 3.63) is 34.9 Å². The Morgan fingerprint density at radius 3 is 2.39 bits per heavy atom. The van der Waals surface area contributed by atoms with Gasteiger partial charge in [-0.1, -0.05) is 25.5 Å². The van der Waals surface area contributed by atoms with Crippen LogP contribution in [0.2, 0.25) is 0 Å². The summed E-state index contributed by atoms with van der Waals surface area (Å²) in [5.74, 6) is 0.598. The lowest BCUT2D eigenvalue weighted by Gasteiger charge is -2.12. The molecule has 1 rings (SSSR count). The molecule has 1 N–H and O–H groups in total. The van der Waals surface area contributed by atoms with Crippen LogP contribution < -0.4 is 5.32 Å². The SMILES string of the molecule is Cc1cc(CNCCC(C)C)cc(C(F)(F)F)c1. The zero-order valence-electron chi connectivity index (χ0n) is 11.1. The van der Waals surface area contributed by atoms with Gasteiger partial charge >= 0.3 is 6.18 Å². The highest BCUT2D eigenvalue weighted by molar-refractivity contribution is 5.31. The molecular formula is C14H20F3N. The normalized spacial score (nSPS) is 12.2. The van der Waals surface area contributed by atoms with E-state index in [2.05, 4.69) is 19.2 Å². The van der Waals surface area contributed by atoms with Crippen molar-refractivity contribution in [3.63, 3.8) is 0 Å². The van der Waals surface area contributed by atoms with Crippen LogP contribution in [-0.2, 0) is 12.7 Å². The molecule has 0 aliphatic carbocycles. The monoisotopic (exact) mass is 259 g/mol. The van der Waals surface area contributed by atoms with E-state index in [0.29, 0.717) is 23.6 Å². The van der Waals surface area contributed by atoms with Gasteiger partial charge in [0.25, 0.3) is 0 Å². The quantitative estimate of drug-likeness (QED) is 0.783. The van der Waals surface area contributed by atoms with Crippen molar-refractivity contribution in [3.8, 4) is 0 Å². The van der Waals surface area contributed by atoms with Gasteiger partial charge in [-0.2, -0.15) is 13.2 Å². The van der Waals surface area contributed by atoms with Gasteiger partial charge in [0.1, 0.15) is 0 Å². The van der Waals surface area contributed by atoms with Gasteiger partial charge in [-0.15, -0.1) is 0 Å². The second-order valence-corrected chi connectivity index (χ2v) is 5.06. The number of rotatable bonds is 5. The minimum absolute atomic E-state index is 0.484. The largest absolute Gasteiger partial charge is 0.416 e. The van der Waals surface area contributed by atoms with Crippen molar-refractivity contribution in [2.45, 2.75) is 39.9 Å². The molecule has 1 aromatic carbocycles. The van der Waals surface area contributed by atoms with Crippen LogP contribution in [0.4, 0.5) is 13.2 Å². The number of hydrogen-bond acceptors (Lipinski definition) is 1. The second kappa shape index (κ2) is 6.23. The molecule has 0 bridgehead atoms. The molecule has 0 aromatic heterocycles. The summed E-state index contributed by atoms with van der Waals surface area (Å²) in [5.41, 5.74) is 0.764. The van der Waals surface area contributed by atoms with Gasteiger partial charge in [-0.25, -0.2) is 0 Å². The molecule has 1 aromatic rings. The Morgan fingerprint density at radius 2 is 1.83 bits per heavy atom. The van der Waals surface area contributed by atoms with E-state index < -0.39 is 11.7 Å². The van der Waals surface area contributed by atoms with Gasteiger partial charge in [-0.05, 0) is 43.5 Å². The molecule has 0 saturated carbocycles. The van der Waals surface area contributed by atoms with E-state index in [1.165, 1.54) is 12.1 Å². The Kier molecular flexibility index (Phi) is 5.20. The third-order valence-corrected chi connectivity index (χ3v) is 2.69. The van der Waals surface area contributed by atoms with E-state index in [0.717, 1.165) is 13.0 Å². The van der Waals surface area contributed by atoms with Gasteiger partial charge in [0.2, 0.25) is 0 Å². The zero-order valence-corrected chi connectivity index (χ0v) is 11.1. The van der Waals surface area contributed by atoms with Crippen molar-refractivity contribution >= 4 is 0 Å². The van der Waals surface area contributed by atoms with Crippen LogP contribution >= 0.6 is 0 Å². The Balaban J connectivity index is 2.63. The number of halogens is 3. The highest BCUT2D eigenvalue weighted by atomic mass is 19.4. The van der Waals surface area contributed by atoms with E-state index in [-0.39, 0.29) is 0 Å². The Labute approximate surface area is 106 Å². The number of benzene rings is 1. The molecule has 0 amide bonds. The van der Waals surface area contributed by atoms with E-state index in [1.54, 1.807) is 13.0 Å². The smallest absolute Gasteiger partial charge is 0.313 e. The molecule has 4 heteroatoms. The van der Waals surface area contributed by atoms with E-state index in [9.17, 15) is 13.2 Å². The fourth-order valence-electron chi connectivity index (χ4n) is 1.75. The van der Waals surface area contributed by atoms with Crippen molar-refractivity contribution in [2.24, 2.45) is 5.92 Å². The maximum absolute atomic E-state index is 12.6. The van der Waals surface area contributed by atoms with Crippen LogP contribution in [-0.4, -0.2) is 6.54 Å². The second-order valence-electron chi connectivity index (χ2n) is 5.06. The zero-order chi connectivity index (χ0) is 13.8. The average Bonchev–Trinajstić information content (AvgIpc) is 2.22. The fraction of sp³-hybridized carbons (Fsp3) is 0.571. The topological polar surface area (TPSA) is 12.0 Å². The first kappa shape index (κ1) is 15.0. The van der Waals surface area contributed by atoms with Gasteiger partial charge < -0.3 is 5.32 Å². The Hall–Kier alpha value is -1.03. The number of aryl methyl sites for hydroxylation is 1. The van der Waals surface area contributed by atoms with Crippen LogP contribution in [0.1, 0.15) is 37.0 Å². The van der Waals surface area contributed by atoms with E-state index in [1.807, 2.05) is 0 Å². The molecule has 0 heterocycles. The highest BCUT2D eigenvalue weighted by Crippen LogP contribution is 2.30. The molecule has 18 heavy (non-hydrogen) atoms. The molecule has 0 fully saturated rings.